The predicted octanol–water partition coefficient (Wildman–Crippen LogP) is 2.18. The van der Waals surface area contributed by atoms with Gasteiger partial charge in [0.25, 0.3) is 5.91 Å². The number of benzene rings is 1. The van der Waals surface area contributed by atoms with Crippen LogP contribution in [0.15, 0.2) is 43.0 Å². The molecule has 1 aliphatic heterocycles. The lowest BCUT2D eigenvalue weighted by Gasteiger charge is -2.38. The number of hydrogen-bond donors (Lipinski definition) is 0. The Kier molecular flexibility index (Phi) is 4.75. The Morgan fingerprint density at radius 1 is 1.36 bits per heavy atom. The summed E-state index contributed by atoms with van der Waals surface area (Å²) in [6.07, 6.45) is 2.61. The summed E-state index contributed by atoms with van der Waals surface area (Å²) in [5.74, 6) is -1.50. The number of nitrogens with zero attached hydrogens (tertiary/aromatic N) is 1. The third kappa shape index (κ3) is 2.66. The normalized spacial score (nSPS) is 21.3. The van der Waals surface area contributed by atoms with Crippen LogP contribution in [0.2, 0.25) is 0 Å². The Balaban J connectivity index is 2.35. The molecule has 1 aromatic rings. The molecule has 1 fully saturated rings. The molecule has 1 aromatic carbocycles. The lowest BCUT2D eigenvalue weighted by atomic mass is 9.76. The van der Waals surface area contributed by atoms with Crippen LogP contribution in [0.25, 0.3) is 0 Å². The van der Waals surface area contributed by atoms with Crippen LogP contribution in [0.1, 0.15) is 29.6 Å². The number of esters is 1. The fraction of sp³-hybridized carbons (Fsp3) is 0.353. The van der Waals surface area contributed by atoms with Crippen molar-refractivity contribution in [3.63, 3.8) is 0 Å². The zero-order valence-corrected chi connectivity index (χ0v) is 12.6. The Bertz CT molecular complexity index is 596. The molecule has 1 heterocycles. The van der Waals surface area contributed by atoms with E-state index >= 15 is 0 Å². The van der Waals surface area contributed by atoms with Crippen LogP contribution in [-0.2, 0) is 14.3 Å². The van der Waals surface area contributed by atoms with Gasteiger partial charge in [0.1, 0.15) is 0 Å². The second-order valence-electron chi connectivity index (χ2n) is 5.30. The smallest absolute Gasteiger partial charge is 0.321 e. The highest BCUT2D eigenvalue weighted by Gasteiger charge is 2.51. The molecule has 1 atom stereocenters. The first-order valence-corrected chi connectivity index (χ1v) is 7.17. The molecule has 22 heavy (non-hydrogen) atoms. The van der Waals surface area contributed by atoms with Crippen LogP contribution in [0.3, 0.4) is 0 Å². The van der Waals surface area contributed by atoms with Gasteiger partial charge in [-0.2, -0.15) is 0 Å². The van der Waals surface area contributed by atoms with Crippen LogP contribution >= 0.6 is 0 Å². The van der Waals surface area contributed by atoms with Gasteiger partial charge in [-0.25, -0.2) is 0 Å². The summed E-state index contributed by atoms with van der Waals surface area (Å²) in [5, 5.41) is 0. The van der Waals surface area contributed by atoms with Crippen LogP contribution in [0.5, 0.6) is 0 Å². The van der Waals surface area contributed by atoms with Gasteiger partial charge in [0.15, 0.2) is 5.41 Å². The molecule has 5 nitrogen and oxygen atoms in total. The summed E-state index contributed by atoms with van der Waals surface area (Å²) in [6, 6.07) is 8.57. The highest BCUT2D eigenvalue weighted by molar-refractivity contribution is 6.12. The van der Waals surface area contributed by atoms with Crippen LogP contribution in [0, 0.1) is 5.41 Å². The van der Waals surface area contributed by atoms with E-state index in [1.54, 1.807) is 30.3 Å². The van der Waals surface area contributed by atoms with E-state index < -0.39 is 17.3 Å². The standard InChI is InChI=1S/C17H19NO4/c1-3-10-17(16(21)22-2)11-7-12-18(15(17)20)14(19)13-8-5-4-6-9-13/h3-6,8-9H,1,7,10-12H2,2H3/t17-/m1/s1. The van der Waals surface area contributed by atoms with E-state index in [0.717, 1.165) is 4.90 Å². The highest BCUT2D eigenvalue weighted by Crippen LogP contribution is 2.37. The summed E-state index contributed by atoms with van der Waals surface area (Å²) < 4.78 is 4.80. The Labute approximate surface area is 129 Å². The highest BCUT2D eigenvalue weighted by atomic mass is 16.5. The molecule has 0 saturated carbocycles. The molecule has 1 aliphatic rings. The number of rotatable bonds is 4. The molecule has 0 radical (unpaired) electrons. The number of carbonyl (C=O) groups is 3. The van der Waals surface area contributed by atoms with Crippen molar-refractivity contribution in [2.75, 3.05) is 13.7 Å². The first-order chi connectivity index (χ1) is 10.6. The zero-order chi connectivity index (χ0) is 16.2. The number of likely N-dealkylation sites (tertiary alicyclic amines) is 1. The van der Waals surface area contributed by atoms with E-state index in [2.05, 4.69) is 6.58 Å². The molecule has 2 amide bonds. The number of allylic oxidation sites excluding steroid dienone is 1. The van der Waals surface area contributed by atoms with Crippen LogP contribution in [-0.4, -0.2) is 36.3 Å². The quantitative estimate of drug-likeness (QED) is 0.370. The Morgan fingerprint density at radius 2 is 2.05 bits per heavy atom. The molecule has 5 heteroatoms. The number of imide groups is 1. The summed E-state index contributed by atoms with van der Waals surface area (Å²) in [6.45, 7) is 3.92. The van der Waals surface area contributed by atoms with Gasteiger partial charge in [-0.3, -0.25) is 19.3 Å². The van der Waals surface area contributed by atoms with Gasteiger partial charge in [-0.1, -0.05) is 24.3 Å². The predicted molar refractivity (Wildman–Crippen MR) is 81.0 cm³/mol. The Hall–Kier alpha value is -2.43. The first-order valence-electron chi connectivity index (χ1n) is 7.17. The molecule has 0 N–H and O–H groups in total. The minimum atomic E-state index is -1.33. The minimum Gasteiger partial charge on any atom is -0.468 e. The maximum Gasteiger partial charge on any atom is 0.321 e. The zero-order valence-electron chi connectivity index (χ0n) is 12.6. The summed E-state index contributed by atoms with van der Waals surface area (Å²) in [7, 11) is 1.25. The molecule has 0 aromatic heterocycles. The van der Waals surface area contributed by atoms with E-state index in [1.807, 2.05) is 0 Å². The molecule has 0 unspecified atom stereocenters. The summed E-state index contributed by atoms with van der Waals surface area (Å²) >= 11 is 0. The largest absolute Gasteiger partial charge is 0.468 e. The number of ether oxygens (including phenoxy) is 1. The van der Waals surface area contributed by atoms with Crippen molar-refractivity contribution in [3.05, 3.63) is 48.6 Å². The number of carbonyl (C=O) groups excluding carboxylic acids is 3. The van der Waals surface area contributed by atoms with Gasteiger partial charge in [-0.15, -0.1) is 6.58 Å². The molecule has 2 rings (SSSR count). The van der Waals surface area contributed by atoms with E-state index in [-0.39, 0.29) is 12.3 Å². The maximum atomic E-state index is 12.8. The van der Waals surface area contributed by atoms with Crippen LogP contribution in [0.4, 0.5) is 0 Å². The fourth-order valence-corrected chi connectivity index (χ4v) is 2.84. The maximum absolute atomic E-state index is 12.8. The average molecular weight is 301 g/mol. The molecular formula is C17H19NO4. The van der Waals surface area contributed by atoms with Crippen molar-refractivity contribution in [2.45, 2.75) is 19.3 Å². The SMILES string of the molecule is C=CC[C@@]1(C(=O)OC)CCCN(C(=O)c2ccccc2)C1=O. The van der Waals surface area contributed by atoms with Crippen molar-refractivity contribution in [1.29, 1.82) is 0 Å². The third-order valence-corrected chi connectivity index (χ3v) is 3.97. The van der Waals surface area contributed by atoms with Gasteiger partial charge in [-0.05, 0) is 31.4 Å². The molecule has 0 bridgehead atoms. The molecule has 116 valence electrons. The van der Waals surface area contributed by atoms with Gasteiger partial charge >= 0.3 is 5.97 Å². The molecule has 1 saturated heterocycles. The average Bonchev–Trinajstić information content (AvgIpc) is 2.56. The first kappa shape index (κ1) is 15.9. The van der Waals surface area contributed by atoms with Crippen molar-refractivity contribution in [3.8, 4) is 0 Å². The number of methoxy groups -OCH3 is 1. The lowest BCUT2D eigenvalue weighted by Crippen LogP contribution is -2.54. The van der Waals surface area contributed by atoms with Crippen molar-refractivity contribution < 1.29 is 19.1 Å². The van der Waals surface area contributed by atoms with Crippen molar-refractivity contribution >= 4 is 17.8 Å². The van der Waals surface area contributed by atoms with Gasteiger partial charge in [0.2, 0.25) is 5.91 Å². The van der Waals surface area contributed by atoms with Crippen molar-refractivity contribution in [1.82, 2.24) is 4.90 Å². The van der Waals surface area contributed by atoms with Crippen LogP contribution < -0.4 is 0 Å². The molecule has 0 aliphatic carbocycles. The fourth-order valence-electron chi connectivity index (χ4n) is 2.84. The van der Waals surface area contributed by atoms with Gasteiger partial charge < -0.3 is 4.74 Å². The third-order valence-electron chi connectivity index (χ3n) is 3.97. The topological polar surface area (TPSA) is 63.7 Å². The second kappa shape index (κ2) is 6.56. The number of piperidine rings is 1. The Morgan fingerprint density at radius 3 is 2.64 bits per heavy atom. The van der Waals surface area contributed by atoms with E-state index in [0.29, 0.717) is 24.9 Å². The number of amides is 2. The van der Waals surface area contributed by atoms with E-state index in [4.69, 9.17) is 4.74 Å². The van der Waals surface area contributed by atoms with Gasteiger partial charge in [0, 0.05) is 12.1 Å². The number of hydrogen-bond acceptors (Lipinski definition) is 4. The molecule has 0 spiro atoms. The lowest BCUT2D eigenvalue weighted by molar-refractivity contribution is -0.165. The van der Waals surface area contributed by atoms with Gasteiger partial charge in [0.05, 0.1) is 7.11 Å². The summed E-state index contributed by atoms with van der Waals surface area (Å²) in [5.41, 5.74) is -0.908. The summed E-state index contributed by atoms with van der Waals surface area (Å²) in [4.78, 5) is 38.7. The second-order valence-corrected chi connectivity index (χ2v) is 5.30. The van der Waals surface area contributed by atoms with E-state index in [1.165, 1.54) is 13.2 Å². The van der Waals surface area contributed by atoms with Crippen molar-refractivity contribution in [2.24, 2.45) is 5.41 Å². The van der Waals surface area contributed by atoms with E-state index in [9.17, 15) is 14.4 Å². The monoisotopic (exact) mass is 301 g/mol. The minimum absolute atomic E-state index is 0.164. The molecular weight excluding hydrogens is 282 g/mol.